The fourth-order valence-corrected chi connectivity index (χ4v) is 1.56. The summed E-state index contributed by atoms with van der Waals surface area (Å²) in [6.07, 6.45) is 2.92. The quantitative estimate of drug-likeness (QED) is 0.598. The molecule has 0 aliphatic heterocycles. The van der Waals surface area contributed by atoms with E-state index in [0.29, 0.717) is 12.7 Å². The lowest BCUT2D eigenvalue weighted by atomic mass is 9.82. The average Bonchev–Trinajstić information content (AvgIpc) is 2.00. The molecule has 3 heteroatoms. The predicted octanol–water partition coefficient (Wildman–Crippen LogP) is 0.647. The molecule has 0 atom stereocenters. The third-order valence-corrected chi connectivity index (χ3v) is 2.33. The zero-order valence-corrected chi connectivity index (χ0v) is 8.01. The zero-order chi connectivity index (χ0) is 8.81. The van der Waals surface area contributed by atoms with E-state index in [9.17, 15) is 0 Å². The Morgan fingerprint density at radius 2 is 2.08 bits per heavy atom. The molecule has 1 fully saturated rings. The van der Waals surface area contributed by atoms with Gasteiger partial charge in [0.1, 0.15) is 0 Å². The van der Waals surface area contributed by atoms with E-state index in [1.807, 2.05) is 7.05 Å². The van der Waals surface area contributed by atoms with Crippen molar-refractivity contribution in [3.05, 3.63) is 0 Å². The second-order valence-corrected chi connectivity index (χ2v) is 3.38. The van der Waals surface area contributed by atoms with Crippen LogP contribution < -0.4 is 5.32 Å². The molecule has 0 bridgehead atoms. The van der Waals surface area contributed by atoms with Gasteiger partial charge in [0.25, 0.3) is 0 Å². The van der Waals surface area contributed by atoms with Crippen LogP contribution in [0.1, 0.15) is 12.8 Å². The van der Waals surface area contributed by atoms with E-state index < -0.39 is 0 Å². The first-order valence-corrected chi connectivity index (χ1v) is 4.62. The van der Waals surface area contributed by atoms with Gasteiger partial charge in [-0.25, -0.2) is 0 Å². The van der Waals surface area contributed by atoms with E-state index in [1.165, 1.54) is 12.8 Å². The van der Waals surface area contributed by atoms with E-state index in [1.54, 1.807) is 7.11 Å². The molecule has 1 N–H and O–H groups in total. The maximum atomic E-state index is 5.54. The molecular formula is C9H19NO2. The third kappa shape index (κ3) is 3.09. The van der Waals surface area contributed by atoms with Crippen LogP contribution in [-0.2, 0) is 9.47 Å². The monoisotopic (exact) mass is 173 g/mol. The van der Waals surface area contributed by atoms with Gasteiger partial charge >= 0.3 is 0 Å². The second kappa shape index (κ2) is 5.51. The van der Waals surface area contributed by atoms with Gasteiger partial charge in [-0.3, -0.25) is 0 Å². The lowest BCUT2D eigenvalue weighted by Crippen LogP contribution is -2.37. The molecule has 0 spiro atoms. The van der Waals surface area contributed by atoms with Crippen molar-refractivity contribution in [2.24, 2.45) is 5.92 Å². The Labute approximate surface area is 74.4 Å². The van der Waals surface area contributed by atoms with E-state index in [4.69, 9.17) is 9.47 Å². The van der Waals surface area contributed by atoms with Crippen LogP contribution in [0.3, 0.4) is 0 Å². The van der Waals surface area contributed by atoms with Gasteiger partial charge in [-0.15, -0.1) is 0 Å². The van der Waals surface area contributed by atoms with Crippen LogP contribution in [0, 0.1) is 5.92 Å². The van der Waals surface area contributed by atoms with Crippen LogP contribution in [0.15, 0.2) is 0 Å². The van der Waals surface area contributed by atoms with Crippen molar-refractivity contribution in [3.8, 4) is 0 Å². The minimum atomic E-state index is 0.499. The standard InChI is InChI=1S/C9H19NO2/c1-10-7-8-5-9(6-8)12-4-3-11-2/h8-10H,3-7H2,1-2H3. The van der Waals surface area contributed by atoms with Gasteiger partial charge in [-0.1, -0.05) is 0 Å². The highest BCUT2D eigenvalue weighted by Gasteiger charge is 2.28. The summed E-state index contributed by atoms with van der Waals surface area (Å²) in [5.41, 5.74) is 0. The highest BCUT2D eigenvalue weighted by atomic mass is 16.5. The van der Waals surface area contributed by atoms with Crippen LogP contribution in [-0.4, -0.2) is 40.0 Å². The van der Waals surface area contributed by atoms with Crippen molar-refractivity contribution < 1.29 is 9.47 Å². The molecule has 0 saturated heterocycles. The SMILES string of the molecule is CNCC1CC(OCCOC)C1. The molecule has 12 heavy (non-hydrogen) atoms. The molecule has 1 rings (SSSR count). The summed E-state index contributed by atoms with van der Waals surface area (Å²) in [4.78, 5) is 0. The largest absolute Gasteiger partial charge is 0.382 e. The Morgan fingerprint density at radius 1 is 1.33 bits per heavy atom. The Morgan fingerprint density at radius 3 is 2.67 bits per heavy atom. The molecule has 0 aromatic rings. The summed E-state index contributed by atoms with van der Waals surface area (Å²) >= 11 is 0. The van der Waals surface area contributed by atoms with Gasteiger partial charge in [0.05, 0.1) is 19.3 Å². The van der Waals surface area contributed by atoms with E-state index >= 15 is 0 Å². The van der Waals surface area contributed by atoms with Gasteiger partial charge in [0, 0.05) is 7.11 Å². The topological polar surface area (TPSA) is 30.5 Å². The van der Waals surface area contributed by atoms with Crippen molar-refractivity contribution in [2.75, 3.05) is 33.9 Å². The van der Waals surface area contributed by atoms with Crippen LogP contribution in [0.25, 0.3) is 0 Å². The molecule has 1 aliphatic carbocycles. The first-order valence-electron chi connectivity index (χ1n) is 4.62. The molecule has 0 unspecified atom stereocenters. The average molecular weight is 173 g/mol. The van der Waals surface area contributed by atoms with Crippen LogP contribution in [0.2, 0.25) is 0 Å². The maximum Gasteiger partial charge on any atom is 0.0704 e. The van der Waals surface area contributed by atoms with Crippen LogP contribution >= 0.6 is 0 Å². The van der Waals surface area contributed by atoms with Gasteiger partial charge in [-0.2, -0.15) is 0 Å². The fourth-order valence-electron chi connectivity index (χ4n) is 1.56. The molecule has 0 heterocycles. The van der Waals surface area contributed by atoms with E-state index in [2.05, 4.69) is 5.32 Å². The molecular weight excluding hydrogens is 154 g/mol. The van der Waals surface area contributed by atoms with Crippen molar-refractivity contribution in [3.63, 3.8) is 0 Å². The predicted molar refractivity (Wildman–Crippen MR) is 48.3 cm³/mol. The summed E-state index contributed by atoms with van der Waals surface area (Å²) in [6.45, 7) is 2.59. The third-order valence-electron chi connectivity index (χ3n) is 2.33. The second-order valence-electron chi connectivity index (χ2n) is 3.38. The molecule has 1 aliphatic rings. The maximum absolute atomic E-state index is 5.54. The first-order chi connectivity index (χ1) is 5.86. The molecule has 72 valence electrons. The number of hydrogen-bond acceptors (Lipinski definition) is 3. The van der Waals surface area contributed by atoms with Crippen molar-refractivity contribution in [2.45, 2.75) is 18.9 Å². The van der Waals surface area contributed by atoms with Crippen molar-refractivity contribution in [1.29, 1.82) is 0 Å². The van der Waals surface area contributed by atoms with Crippen molar-refractivity contribution >= 4 is 0 Å². The molecule has 3 nitrogen and oxygen atoms in total. The molecule has 0 radical (unpaired) electrons. The van der Waals surface area contributed by atoms with Crippen LogP contribution in [0.5, 0.6) is 0 Å². The highest BCUT2D eigenvalue weighted by Crippen LogP contribution is 2.29. The lowest BCUT2D eigenvalue weighted by molar-refractivity contribution is -0.0464. The van der Waals surface area contributed by atoms with Gasteiger partial charge in [0.15, 0.2) is 0 Å². The number of ether oxygens (including phenoxy) is 2. The molecule has 0 aromatic carbocycles. The summed E-state index contributed by atoms with van der Waals surface area (Å²) < 4.78 is 10.4. The lowest BCUT2D eigenvalue weighted by Gasteiger charge is -2.34. The highest BCUT2D eigenvalue weighted by molar-refractivity contribution is 4.81. The zero-order valence-electron chi connectivity index (χ0n) is 8.01. The van der Waals surface area contributed by atoms with E-state index in [0.717, 1.165) is 19.1 Å². The van der Waals surface area contributed by atoms with E-state index in [-0.39, 0.29) is 0 Å². The van der Waals surface area contributed by atoms with Gasteiger partial charge in [-0.05, 0) is 32.4 Å². The Hall–Kier alpha value is -0.120. The Balaban J connectivity index is 1.88. The van der Waals surface area contributed by atoms with Crippen LogP contribution in [0.4, 0.5) is 0 Å². The summed E-state index contributed by atoms with van der Waals surface area (Å²) in [5.74, 6) is 0.836. The number of nitrogens with one attached hydrogen (secondary N) is 1. The first kappa shape index (κ1) is 9.96. The van der Waals surface area contributed by atoms with Crippen molar-refractivity contribution in [1.82, 2.24) is 5.32 Å². The Kier molecular flexibility index (Phi) is 4.58. The minimum absolute atomic E-state index is 0.499. The van der Waals surface area contributed by atoms with Gasteiger partial charge in [0.2, 0.25) is 0 Å². The number of hydrogen-bond donors (Lipinski definition) is 1. The number of methoxy groups -OCH3 is 1. The molecule has 1 saturated carbocycles. The Bertz CT molecular complexity index is 110. The molecule has 0 amide bonds. The molecule has 0 aromatic heterocycles. The summed E-state index contributed by atoms with van der Waals surface area (Å²) in [5, 5.41) is 3.18. The number of rotatable bonds is 6. The summed E-state index contributed by atoms with van der Waals surface area (Å²) in [6, 6.07) is 0. The summed E-state index contributed by atoms with van der Waals surface area (Å²) in [7, 11) is 3.70. The normalized spacial score (nSPS) is 28.5. The fraction of sp³-hybridized carbons (Fsp3) is 1.00. The van der Waals surface area contributed by atoms with Gasteiger partial charge < -0.3 is 14.8 Å². The minimum Gasteiger partial charge on any atom is -0.382 e. The smallest absolute Gasteiger partial charge is 0.0704 e.